The molecule has 0 unspecified atom stereocenters. The maximum Gasteiger partial charge on any atom is 0.160 e. The molecule has 0 fully saturated rings. The molecule has 0 aliphatic heterocycles. The van der Waals surface area contributed by atoms with Crippen LogP contribution in [0.2, 0.25) is 0 Å². The summed E-state index contributed by atoms with van der Waals surface area (Å²) in [5.41, 5.74) is 0.0489. The second kappa shape index (κ2) is 3.28. The highest BCUT2D eigenvalue weighted by Crippen LogP contribution is 2.13. The van der Waals surface area contributed by atoms with E-state index in [1.165, 1.54) is 0 Å². The standard InChI is InChI=1S/C8H5F2NO/c9-7-1-5(3-11)6(4-12)2-8(7)10/h1-2,12H,4H2. The van der Waals surface area contributed by atoms with Crippen molar-refractivity contribution in [2.45, 2.75) is 6.61 Å². The molecule has 0 amide bonds. The van der Waals surface area contributed by atoms with Gasteiger partial charge in [-0.3, -0.25) is 0 Å². The molecule has 1 rings (SSSR count). The molecule has 2 nitrogen and oxygen atoms in total. The smallest absolute Gasteiger partial charge is 0.160 e. The summed E-state index contributed by atoms with van der Waals surface area (Å²) >= 11 is 0. The fourth-order valence-electron chi connectivity index (χ4n) is 0.823. The highest BCUT2D eigenvalue weighted by Gasteiger charge is 2.07. The van der Waals surface area contributed by atoms with Crippen molar-refractivity contribution in [1.82, 2.24) is 0 Å². The number of aliphatic hydroxyl groups excluding tert-OH is 1. The second-order valence-electron chi connectivity index (χ2n) is 2.19. The Hall–Kier alpha value is -1.47. The number of rotatable bonds is 1. The van der Waals surface area contributed by atoms with E-state index < -0.39 is 18.2 Å². The number of aliphatic hydroxyl groups is 1. The summed E-state index contributed by atoms with van der Waals surface area (Å²) in [6.45, 7) is -0.472. The quantitative estimate of drug-likeness (QED) is 0.689. The van der Waals surface area contributed by atoms with Crippen molar-refractivity contribution < 1.29 is 13.9 Å². The van der Waals surface area contributed by atoms with Gasteiger partial charge >= 0.3 is 0 Å². The third-order valence-electron chi connectivity index (χ3n) is 1.44. The number of nitriles is 1. The third kappa shape index (κ3) is 1.41. The molecule has 0 radical (unpaired) electrons. The Morgan fingerprint density at radius 1 is 1.33 bits per heavy atom. The molecule has 0 aromatic heterocycles. The molecule has 0 atom stereocenters. The van der Waals surface area contributed by atoms with E-state index in [1.54, 1.807) is 6.07 Å². The lowest BCUT2D eigenvalue weighted by atomic mass is 10.1. The van der Waals surface area contributed by atoms with Crippen LogP contribution in [0.25, 0.3) is 0 Å². The predicted molar refractivity (Wildman–Crippen MR) is 37.0 cm³/mol. The average Bonchev–Trinajstić information content (AvgIpc) is 2.09. The summed E-state index contributed by atoms with van der Waals surface area (Å²) in [6, 6.07) is 3.23. The highest BCUT2D eigenvalue weighted by molar-refractivity contribution is 5.37. The van der Waals surface area contributed by atoms with Crippen LogP contribution >= 0.6 is 0 Å². The van der Waals surface area contributed by atoms with Crippen molar-refractivity contribution in [2.24, 2.45) is 0 Å². The van der Waals surface area contributed by atoms with E-state index in [2.05, 4.69) is 0 Å². The molecule has 62 valence electrons. The molecule has 4 heteroatoms. The van der Waals surface area contributed by atoms with Crippen LogP contribution in [0.1, 0.15) is 11.1 Å². The van der Waals surface area contributed by atoms with Crippen LogP contribution in [0, 0.1) is 23.0 Å². The first-order valence-electron chi connectivity index (χ1n) is 3.18. The zero-order valence-electron chi connectivity index (χ0n) is 6.01. The molecule has 1 N–H and O–H groups in total. The number of benzene rings is 1. The van der Waals surface area contributed by atoms with Gasteiger partial charge in [0, 0.05) is 0 Å². The predicted octanol–water partition coefficient (Wildman–Crippen LogP) is 1.33. The monoisotopic (exact) mass is 169 g/mol. The van der Waals surface area contributed by atoms with Crippen molar-refractivity contribution >= 4 is 0 Å². The zero-order chi connectivity index (χ0) is 9.14. The normalized spacial score (nSPS) is 9.50. The molecular weight excluding hydrogens is 164 g/mol. The first-order chi connectivity index (χ1) is 5.69. The molecule has 0 bridgehead atoms. The number of hydrogen-bond donors (Lipinski definition) is 1. The summed E-state index contributed by atoms with van der Waals surface area (Å²) in [5.74, 6) is -2.14. The minimum Gasteiger partial charge on any atom is -0.392 e. The summed E-state index contributed by atoms with van der Waals surface area (Å²) in [7, 11) is 0. The van der Waals surface area contributed by atoms with Gasteiger partial charge in [-0.1, -0.05) is 0 Å². The Kier molecular flexibility index (Phi) is 2.36. The molecule has 0 heterocycles. The molecule has 0 saturated heterocycles. The zero-order valence-corrected chi connectivity index (χ0v) is 6.01. The molecular formula is C8H5F2NO. The van der Waals surface area contributed by atoms with Gasteiger partial charge in [0.1, 0.15) is 0 Å². The van der Waals surface area contributed by atoms with Crippen LogP contribution < -0.4 is 0 Å². The van der Waals surface area contributed by atoms with Gasteiger partial charge in [-0.15, -0.1) is 0 Å². The Labute approximate surface area is 67.7 Å². The lowest BCUT2D eigenvalue weighted by Crippen LogP contribution is -1.94. The maximum absolute atomic E-state index is 12.5. The van der Waals surface area contributed by atoms with E-state index in [9.17, 15) is 8.78 Å². The lowest BCUT2D eigenvalue weighted by Gasteiger charge is -1.99. The molecule has 12 heavy (non-hydrogen) atoms. The van der Waals surface area contributed by atoms with Gasteiger partial charge < -0.3 is 5.11 Å². The fraction of sp³-hybridized carbons (Fsp3) is 0.125. The highest BCUT2D eigenvalue weighted by atomic mass is 19.2. The van der Waals surface area contributed by atoms with Crippen molar-refractivity contribution in [3.05, 3.63) is 34.9 Å². The van der Waals surface area contributed by atoms with E-state index in [1.807, 2.05) is 0 Å². The van der Waals surface area contributed by atoms with Gasteiger partial charge in [-0.2, -0.15) is 5.26 Å². The van der Waals surface area contributed by atoms with Crippen LogP contribution in [-0.2, 0) is 6.61 Å². The third-order valence-corrected chi connectivity index (χ3v) is 1.44. The Balaban J connectivity index is 3.31. The number of nitrogens with zero attached hydrogens (tertiary/aromatic N) is 1. The van der Waals surface area contributed by atoms with Crippen LogP contribution in [0.5, 0.6) is 0 Å². The van der Waals surface area contributed by atoms with Gasteiger partial charge in [0.05, 0.1) is 18.2 Å². The first-order valence-corrected chi connectivity index (χ1v) is 3.18. The van der Waals surface area contributed by atoms with Crippen molar-refractivity contribution in [1.29, 1.82) is 5.26 Å². The Morgan fingerprint density at radius 3 is 2.42 bits per heavy atom. The molecule has 1 aromatic rings. The van der Waals surface area contributed by atoms with E-state index in [0.717, 1.165) is 12.1 Å². The van der Waals surface area contributed by atoms with Gasteiger partial charge in [0.2, 0.25) is 0 Å². The second-order valence-corrected chi connectivity index (χ2v) is 2.19. The Bertz CT molecular complexity index is 344. The molecule has 0 saturated carbocycles. The summed E-state index contributed by atoms with van der Waals surface area (Å²) < 4.78 is 25.0. The van der Waals surface area contributed by atoms with Crippen molar-refractivity contribution in [3.63, 3.8) is 0 Å². The van der Waals surface area contributed by atoms with Crippen LogP contribution in [0.15, 0.2) is 12.1 Å². The van der Waals surface area contributed by atoms with E-state index >= 15 is 0 Å². The average molecular weight is 169 g/mol. The summed E-state index contributed by atoms with van der Waals surface area (Å²) in [5, 5.41) is 17.0. The van der Waals surface area contributed by atoms with Crippen molar-refractivity contribution in [3.8, 4) is 6.07 Å². The van der Waals surface area contributed by atoms with E-state index in [4.69, 9.17) is 10.4 Å². The molecule has 1 aromatic carbocycles. The maximum atomic E-state index is 12.5. The van der Waals surface area contributed by atoms with Crippen LogP contribution in [0.3, 0.4) is 0 Å². The SMILES string of the molecule is N#Cc1cc(F)c(F)cc1CO. The van der Waals surface area contributed by atoms with Gasteiger partial charge in [0.15, 0.2) is 11.6 Å². The lowest BCUT2D eigenvalue weighted by molar-refractivity contribution is 0.280. The fourth-order valence-corrected chi connectivity index (χ4v) is 0.823. The van der Waals surface area contributed by atoms with Gasteiger partial charge in [-0.25, -0.2) is 8.78 Å². The largest absolute Gasteiger partial charge is 0.392 e. The molecule has 0 aliphatic carbocycles. The number of halogens is 2. The minimum atomic E-state index is -1.08. The van der Waals surface area contributed by atoms with E-state index in [0.29, 0.717) is 0 Å². The first kappa shape index (κ1) is 8.62. The molecule has 0 spiro atoms. The van der Waals surface area contributed by atoms with Crippen LogP contribution in [0.4, 0.5) is 8.78 Å². The van der Waals surface area contributed by atoms with Gasteiger partial charge in [-0.05, 0) is 17.7 Å². The molecule has 0 aliphatic rings. The van der Waals surface area contributed by atoms with Crippen LogP contribution in [-0.4, -0.2) is 5.11 Å². The number of hydrogen-bond acceptors (Lipinski definition) is 2. The topological polar surface area (TPSA) is 44.0 Å². The summed E-state index contributed by atoms with van der Waals surface area (Å²) in [4.78, 5) is 0. The van der Waals surface area contributed by atoms with Crippen molar-refractivity contribution in [2.75, 3.05) is 0 Å². The minimum absolute atomic E-state index is 0.0450. The van der Waals surface area contributed by atoms with Gasteiger partial charge in [0.25, 0.3) is 0 Å². The summed E-state index contributed by atoms with van der Waals surface area (Å²) in [6.07, 6.45) is 0. The van der Waals surface area contributed by atoms with E-state index in [-0.39, 0.29) is 11.1 Å². The Morgan fingerprint density at radius 2 is 1.92 bits per heavy atom.